The van der Waals surface area contributed by atoms with E-state index in [9.17, 15) is 4.79 Å². The summed E-state index contributed by atoms with van der Waals surface area (Å²) in [6, 6.07) is 10.2. The monoisotopic (exact) mass is 211 g/mol. The Labute approximate surface area is 89.3 Å². The molecule has 0 spiro atoms. The molecule has 1 unspecified atom stereocenters. The van der Waals surface area contributed by atoms with Crippen molar-refractivity contribution >= 4 is 17.5 Å². The zero-order valence-electron chi connectivity index (χ0n) is 8.16. The highest BCUT2D eigenvalue weighted by molar-refractivity contribution is 6.27. The summed E-state index contributed by atoms with van der Waals surface area (Å²) in [6.07, 6.45) is 0.837. The zero-order valence-corrected chi connectivity index (χ0v) is 8.92. The molecule has 1 N–H and O–H groups in total. The fourth-order valence-corrected chi connectivity index (χ4v) is 1.41. The van der Waals surface area contributed by atoms with Crippen molar-refractivity contribution in [2.24, 2.45) is 0 Å². The molecule has 2 nitrogen and oxygen atoms in total. The van der Waals surface area contributed by atoms with Crippen LogP contribution >= 0.6 is 11.6 Å². The van der Waals surface area contributed by atoms with E-state index >= 15 is 0 Å². The molecule has 0 aliphatic heterocycles. The van der Waals surface area contributed by atoms with Gasteiger partial charge in [0.25, 0.3) is 0 Å². The number of alkyl halides is 1. The highest BCUT2D eigenvalue weighted by Gasteiger charge is 2.06. The maximum absolute atomic E-state index is 11.0. The van der Waals surface area contributed by atoms with Gasteiger partial charge < -0.3 is 5.32 Å². The third-order valence-electron chi connectivity index (χ3n) is 1.91. The number of hydrogen-bond donors (Lipinski definition) is 1. The summed E-state index contributed by atoms with van der Waals surface area (Å²) in [5.74, 6) is -0.0887. The van der Waals surface area contributed by atoms with Crippen LogP contribution in [0.15, 0.2) is 30.3 Å². The molecule has 1 aromatic carbocycles. The van der Waals surface area contributed by atoms with Crippen LogP contribution in [0.3, 0.4) is 0 Å². The fraction of sp³-hybridized carbons (Fsp3) is 0.364. The Kier molecular flexibility index (Phi) is 4.47. The van der Waals surface area contributed by atoms with Crippen molar-refractivity contribution in [1.82, 2.24) is 5.32 Å². The van der Waals surface area contributed by atoms with Crippen LogP contribution in [0, 0.1) is 0 Å². The Morgan fingerprint density at radius 2 is 2.07 bits per heavy atom. The van der Waals surface area contributed by atoms with Crippen LogP contribution < -0.4 is 5.32 Å². The Morgan fingerprint density at radius 3 is 2.64 bits per heavy atom. The first-order valence-electron chi connectivity index (χ1n) is 4.61. The van der Waals surface area contributed by atoms with Gasteiger partial charge in [0.2, 0.25) is 5.91 Å². The predicted octanol–water partition coefficient (Wildman–Crippen LogP) is 1.97. The van der Waals surface area contributed by atoms with Crippen LogP contribution in [0.1, 0.15) is 12.5 Å². The second-order valence-electron chi connectivity index (χ2n) is 3.29. The minimum atomic E-state index is -0.116. The van der Waals surface area contributed by atoms with E-state index in [4.69, 9.17) is 11.6 Å². The van der Waals surface area contributed by atoms with Crippen LogP contribution in [-0.4, -0.2) is 17.8 Å². The van der Waals surface area contributed by atoms with Crippen LogP contribution in [0.25, 0.3) is 0 Å². The molecule has 1 atom stereocenters. The molecule has 3 heteroatoms. The Morgan fingerprint density at radius 1 is 1.43 bits per heavy atom. The molecule has 76 valence electrons. The van der Waals surface area contributed by atoms with E-state index in [-0.39, 0.29) is 17.8 Å². The molecule has 0 bridgehead atoms. The van der Waals surface area contributed by atoms with Crippen molar-refractivity contribution in [2.45, 2.75) is 19.4 Å². The summed E-state index contributed by atoms with van der Waals surface area (Å²) in [4.78, 5) is 11.0. The number of carbonyl (C=O) groups excluding carboxylic acids is 1. The van der Waals surface area contributed by atoms with E-state index in [0.29, 0.717) is 0 Å². The average molecular weight is 212 g/mol. The van der Waals surface area contributed by atoms with Gasteiger partial charge in [-0.15, -0.1) is 11.6 Å². The first kappa shape index (κ1) is 11.1. The minimum absolute atomic E-state index is 0.0269. The molecule has 0 saturated carbocycles. The standard InChI is InChI=1S/C11H14ClNO/c1-9(13-11(14)8-12)7-10-5-3-2-4-6-10/h2-6,9H,7-8H2,1H3,(H,13,14). The lowest BCUT2D eigenvalue weighted by Crippen LogP contribution is -2.34. The summed E-state index contributed by atoms with van der Waals surface area (Å²) in [5, 5.41) is 2.81. The minimum Gasteiger partial charge on any atom is -0.352 e. The first-order valence-corrected chi connectivity index (χ1v) is 5.15. The second-order valence-corrected chi connectivity index (χ2v) is 3.56. The predicted molar refractivity (Wildman–Crippen MR) is 58.5 cm³/mol. The molecule has 1 aromatic rings. The van der Waals surface area contributed by atoms with Gasteiger partial charge >= 0.3 is 0 Å². The molecule has 0 heterocycles. The van der Waals surface area contributed by atoms with Gasteiger partial charge in [0.05, 0.1) is 0 Å². The van der Waals surface area contributed by atoms with Crippen LogP contribution in [-0.2, 0) is 11.2 Å². The SMILES string of the molecule is CC(Cc1ccccc1)NC(=O)CCl. The van der Waals surface area contributed by atoms with Gasteiger partial charge in [-0.2, -0.15) is 0 Å². The molecule has 1 rings (SSSR count). The lowest BCUT2D eigenvalue weighted by molar-refractivity contribution is -0.119. The van der Waals surface area contributed by atoms with E-state index in [0.717, 1.165) is 6.42 Å². The summed E-state index contributed by atoms with van der Waals surface area (Å²) in [5.41, 5.74) is 1.22. The smallest absolute Gasteiger partial charge is 0.235 e. The molecule has 0 aliphatic rings. The van der Waals surface area contributed by atoms with E-state index in [2.05, 4.69) is 5.32 Å². The van der Waals surface area contributed by atoms with Crippen LogP contribution in [0.5, 0.6) is 0 Å². The number of halogens is 1. The van der Waals surface area contributed by atoms with Crippen molar-refractivity contribution in [1.29, 1.82) is 0 Å². The number of amides is 1. The zero-order chi connectivity index (χ0) is 10.4. The number of benzene rings is 1. The Balaban J connectivity index is 2.41. The third-order valence-corrected chi connectivity index (χ3v) is 2.16. The van der Waals surface area contributed by atoms with Gasteiger partial charge in [0, 0.05) is 6.04 Å². The van der Waals surface area contributed by atoms with Crippen molar-refractivity contribution in [3.05, 3.63) is 35.9 Å². The summed E-state index contributed by atoms with van der Waals surface area (Å²) >= 11 is 5.39. The normalized spacial score (nSPS) is 12.1. The van der Waals surface area contributed by atoms with Gasteiger partial charge in [0.1, 0.15) is 5.88 Å². The summed E-state index contributed by atoms with van der Waals surface area (Å²) in [6.45, 7) is 1.97. The highest BCUT2D eigenvalue weighted by atomic mass is 35.5. The number of carbonyl (C=O) groups is 1. The van der Waals surface area contributed by atoms with Gasteiger partial charge in [0.15, 0.2) is 0 Å². The number of nitrogens with one attached hydrogen (secondary N) is 1. The topological polar surface area (TPSA) is 29.1 Å². The average Bonchev–Trinajstić information content (AvgIpc) is 2.19. The maximum atomic E-state index is 11.0. The summed E-state index contributed by atoms with van der Waals surface area (Å²) < 4.78 is 0. The van der Waals surface area contributed by atoms with Gasteiger partial charge in [-0.05, 0) is 18.9 Å². The maximum Gasteiger partial charge on any atom is 0.235 e. The molecule has 0 radical (unpaired) electrons. The Bertz CT molecular complexity index is 287. The van der Waals surface area contributed by atoms with Crippen molar-refractivity contribution < 1.29 is 4.79 Å². The van der Waals surface area contributed by atoms with E-state index in [1.807, 2.05) is 37.3 Å². The quantitative estimate of drug-likeness (QED) is 0.759. The Hall–Kier alpha value is -1.02. The van der Waals surface area contributed by atoms with Crippen molar-refractivity contribution in [3.63, 3.8) is 0 Å². The molecular formula is C11H14ClNO. The number of hydrogen-bond acceptors (Lipinski definition) is 1. The highest BCUT2D eigenvalue weighted by Crippen LogP contribution is 2.02. The largest absolute Gasteiger partial charge is 0.352 e. The van der Waals surface area contributed by atoms with E-state index in [1.165, 1.54) is 5.56 Å². The number of rotatable bonds is 4. The molecule has 0 fully saturated rings. The van der Waals surface area contributed by atoms with E-state index in [1.54, 1.807) is 0 Å². The second kappa shape index (κ2) is 5.66. The lowest BCUT2D eigenvalue weighted by atomic mass is 10.1. The van der Waals surface area contributed by atoms with Gasteiger partial charge in [-0.25, -0.2) is 0 Å². The third kappa shape index (κ3) is 3.79. The summed E-state index contributed by atoms with van der Waals surface area (Å²) in [7, 11) is 0. The molecule has 0 aromatic heterocycles. The van der Waals surface area contributed by atoms with Crippen LogP contribution in [0.2, 0.25) is 0 Å². The van der Waals surface area contributed by atoms with Gasteiger partial charge in [-0.3, -0.25) is 4.79 Å². The van der Waals surface area contributed by atoms with E-state index < -0.39 is 0 Å². The molecular weight excluding hydrogens is 198 g/mol. The van der Waals surface area contributed by atoms with Crippen molar-refractivity contribution in [2.75, 3.05) is 5.88 Å². The van der Waals surface area contributed by atoms with Crippen LogP contribution in [0.4, 0.5) is 0 Å². The first-order chi connectivity index (χ1) is 6.72. The van der Waals surface area contributed by atoms with Crippen molar-refractivity contribution in [3.8, 4) is 0 Å². The molecule has 1 amide bonds. The van der Waals surface area contributed by atoms with Gasteiger partial charge in [-0.1, -0.05) is 30.3 Å². The fourth-order valence-electron chi connectivity index (χ4n) is 1.33. The molecule has 0 aliphatic carbocycles. The molecule has 0 saturated heterocycles. The lowest BCUT2D eigenvalue weighted by Gasteiger charge is -2.12. The molecule has 14 heavy (non-hydrogen) atoms.